The molecule has 0 saturated heterocycles. The zero-order chi connectivity index (χ0) is 7.40. The van der Waals surface area contributed by atoms with E-state index in [0.29, 0.717) is 0 Å². The van der Waals surface area contributed by atoms with Gasteiger partial charge in [-0.25, -0.2) is 0 Å². The molecule has 56 valence electrons. The molecule has 1 heterocycles. The van der Waals surface area contributed by atoms with E-state index in [9.17, 15) is 0 Å². The lowest BCUT2D eigenvalue weighted by molar-refractivity contribution is 0.497. The number of aryl methyl sites for hydroxylation is 1. The van der Waals surface area contributed by atoms with Gasteiger partial charge in [0.1, 0.15) is 5.76 Å². The van der Waals surface area contributed by atoms with Crippen molar-refractivity contribution in [3.8, 4) is 0 Å². The van der Waals surface area contributed by atoms with Gasteiger partial charge in [0.2, 0.25) is 0 Å². The Bertz CT molecular complexity index is 197. The zero-order valence-corrected chi connectivity index (χ0v) is 7.42. The third-order valence-electron chi connectivity index (χ3n) is 1.00. The highest BCUT2D eigenvalue weighted by Crippen LogP contribution is 2.33. The van der Waals surface area contributed by atoms with E-state index in [2.05, 4.69) is 0 Å². The first-order valence-corrected chi connectivity index (χ1v) is 4.83. The van der Waals surface area contributed by atoms with Gasteiger partial charge in [0, 0.05) is 0 Å². The van der Waals surface area contributed by atoms with Crippen molar-refractivity contribution in [2.24, 2.45) is 0 Å². The second kappa shape index (κ2) is 3.95. The summed E-state index contributed by atoms with van der Waals surface area (Å²) in [5.74, 6) is 0.939. The van der Waals surface area contributed by atoms with Crippen LogP contribution in [0.15, 0.2) is 21.6 Å². The van der Waals surface area contributed by atoms with Gasteiger partial charge in [0.15, 0.2) is 0 Å². The first-order chi connectivity index (χ1) is 4.84. The van der Waals surface area contributed by atoms with Crippen LogP contribution in [0.1, 0.15) is 5.76 Å². The number of hydrogen-bond donors (Lipinski definition) is 0. The smallest absolute Gasteiger partial charge is 0.115 e. The molecule has 4 heteroatoms. The third-order valence-corrected chi connectivity index (χ3v) is 2.96. The van der Waals surface area contributed by atoms with Gasteiger partial charge in [-0.3, -0.25) is 0 Å². The first kappa shape index (κ1) is 8.04. The highest BCUT2D eigenvalue weighted by molar-refractivity contribution is 8.74. The van der Waals surface area contributed by atoms with Crippen LogP contribution in [-0.2, 0) is 4.18 Å². The number of furan rings is 1. The molecular weight excluding hydrogens is 168 g/mol. The molecule has 0 aliphatic heterocycles. The lowest BCUT2D eigenvalue weighted by Gasteiger charge is -1.92. The summed E-state index contributed by atoms with van der Waals surface area (Å²) in [5, 5.41) is 0. The van der Waals surface area contributed by atoms with Gasteiger partial charge in [0.25, 0.3) is 0 Å². The van der Waals surface area contributed by atoms with Crippen LogP contribution in [0.4, 0.5) is 0 Å². The normalized spacial score (nSPS) is 10.2. The van der Waals surface area contributed by atoms with Crippen molar-refractivity contribution in [3.63, 3.8) is 0 Å². The molecule has 0 spiro atoms. The average Bonchev–Trinajstić information content (AvgIpc) is 2.31. The first-order valence-electron chi connectivity index (χ1n) is 2.76. The Morgan fingerprint density at radius 1 is 1.60 bits per heavy atom. The maximum absolute atomic E-state index is 5.07. The molecule has 0 N–H and O–H groups in total. The molecule has 0 unspecified atom stereocenters. The van der Waals surface area contributed by atoms with E-state index in [0.717, 1.165) is 10.7 Å². The molecule has 0 aliphatic carbocycles. The Balaban J connectivity index is 2.49. The number of hydrogen-bond acceptors (Lipinski definition) is 4. The molecule has 1 aromatic heterocycles. The standard InChI is InChI=1S/C6H8O2S2/c1-5-6(3-4-8-5)9-10-7-2/h3-4H,1-2H3. The van der Waals surface area contributed by atoms with Crippen LogP contribution in [0, 0.1) is 6.92 Å². The number of rotatable bonds is 3. The summed E-state index contributed by atoms with van der Waals surface area (Å²) in [6.45, 7) is 1.93. The second-order valence-electron chi connectivity index (χ2n) is 1.66. The third kappa shape index (κ3) is 1.97. The Morgan fingerprint density at radius 3 is 2.90 bits per heavy atom. The summed E-state index contributed by atoms with van der Waals surface area (Å²) in [4.78, 5) is 1.12. The maximum Gasteiger partial charge on any atom is 0.115 e. The summed E-state index contributed by atoms with van der Waals surface area (Å²) >= 11 is 1.34. The highest BCUT2D eigenvalue weighted by Gasteiger charge is 2.00. The molecule has 0 fully saturated rings. The van der Waals surface area contributed by atoms with Gasteiger partial charge in [-0.15, -0.1) is 0 Å². The predicted molar refractivity (Wildman–Crippen MR) is 43.9 cm³/mol. The van der Waals surface area contributed by atoms with Gasteiger partial charge in [-0.2, -0.15) is 0 Å². The van der Waals surface area contributed by atoms with Crippen LogP contribution in [-0.4, -0.2) is 7.11 Å². The Kier molecular flexibility index (Phi) is 3.18. The van der Waals surface area contributed by atoms with E-state index in [-0.39, 0.29) is 0 Å². The summed E-state index contributed by atoms with van der Waals surface area (Å²) in [6.07, 6.45) is 1.67. The van der Waals surface area contributed by atoms with Crippen LogP contribution in [0.25, 0.3) is 0 Å². The Morgan fingerprint density at radius 2 is 2.40 bits per heavy atom. The van der Waals surface area contributed by atoms with Crippen LogP contribution in [0.2, 0.25) is 0 Å². The molecular formula is C6H8O2S2. The SMILES string of the molecule is COSSc1ccoc1C. The van der Waals surface area contributed by atoms with E-state index in [1.165, 1.54) is 11.1 Å². The van der Waals surface area contributed by atoms with Crippen LogP contribution in [0.5, 0.6) is 0 Å². The predicted octanol–water partition coefficient (Wildman–Crippen LogP) is 2.89. The molecule has 0 amide bonds. The summed E-state index contributed by atoms with van der Waals surface area (Å²) in [6, 6.07) is 1.92. The maximum atomic E-state index is 5.07. The largest absolute Gasteiger partial charge is 0.468 e. The van der Waals surface area contributed by atoms with Crippen molar-refractivity contribution in [1.82, 2.24) is 0 Å². The van der Waals surface area contributed by atoms with Crippen LogP contribution < -0.4 is 0 Å². The average molecular weight is 176 g/mol. The minimum atomic E-state index is 0.939. The monoisotopic (exact) mass is 176 g/mol. The molecule has 1 rings (SSSR count). The fraction of sp³-hybridized carbons (Fsp3) is 0.333. The molecule has 0 bridgehead atoms. The van der Waals surface area contributed by atoms with Crippen LogP contribution >= 0.6 is 21.9 Å². The molecule has 1 aromatic rings. The van der Waals surface area contributed by atoms with E-state index in [1.54, 1.807) is 24.2 Å². The van der Waals surface area contributed by atoms with Crippen molar-refractivity contribution < 1.29 is 8.60 Å². The van der Waals surface area contributed by atoms with Crippen molar-refractivity contribution in [2.75, 3.05) is 7.11 Å². The molecule has 0 aliphatic rings. The molecule has 10 heavy (non-hydrogen) atoms. The van der Waals surface area contributed by atoms with Crippen molar-refractivity contribution in [2.45, 2.75) is 11.8 Å². The zero-order valence-electron chi connectivity index (χ0n) is 5.79. The summed E-state index contributed by atoms with van der Waals surface area (Å²) in [7, 11) is 3.20. The summed E-state index contributed by atoms with van der Waals surface area (Å²) in [5.41, 5.74) is 0. The Labute approximate surface area is 67.9 Å². The summed E-state index contributed by atoms with van der Waals surface area (Å²) < 4.78 is 9.88. The lowest BCUT2D eigenvalue weighted by atomic mass is 10.5. The van der Waals surface area contributed by atoms with Crippen molar-refractivity contribution >= 4 is 21.9 Å². The lowest BCUT2D eigenvalue weighted by Crippen LogP contribution is -1.65. The van der Waals surface area contributed by atoms with E-state index < -0.39 is 0 Å². The van der Waals surface area contributed by atoms with E-state index in [1.807, 2.05) is 13.0 Å². The highest BCUT2D eigenvalue weighted by atomic mass is 33.1. The molecule has 0 saturated carbocycles. The second-order valence-corrected chi connectivity index (χ2v) is 3.64. The van der Waals surface area contributed by atoms with Gasteiger partial charge >= 0.3 is 0 Å². The van der Waals surface area contributed by atoms with Gasteiger partial charge in [0.05, 0.1) is 29.3 Å². The molecule has 2 nitrogen and oxygen atoms in total. The quantitative estimate of drug-likeness (QED) is 0.521. The molecule has 0 radical (unpaired) electrons. The van der Waals surface area contributed by atoms with Crippen LogP contribution in [0.3, 0.4) is 0 Å². The topological polar surface area (TPSA) is 22.4 Å². The van der Waals surface area contributed by atoms with Gasteiger partial charge < -0.3 is 8.60 Å². The minimum Gasteiger partial charge on any atom is -0.468 e. The molecule has 0 aromatic carbocycles. The van der Waals surface area contributed by atoms with E-state index >= 15 is 0 Å². The van der Waals surface area contributed by atoms with Crippen molar-refractivity contribution in [3.05, 3.63) is 18.1 Å². The minimum absolute atomic E-state index is 0.939. The fourth-order valence-electron chi connectivity index (χ4n) is 0.530. The van der Waals surface area contributed by atoms with E-state index in [4.69, 9.17) is 8.60 Å². The molecule has 0 atom stereocenters. The van der Waals surface area contributed by atoms with Crippen molar-refractivity contribution in [1.29, 1.82) is 0 Å². The fourth-order valence-corrected chi connectivity index (χ4v) is 1.89. The van der Waals surface area contributed by atoms with Gasteiger partial charge in [-0.05, 0) is 23.8 Å². The van der Waals surface area contributed by atoms with Gasteiger partial charge in [-0.1, -0.05) is 0 Å². The Hall–Kier alpha value is -0.0600.